The third-order valence-corrected chi connectivity index (χ3v) is 3.33. The summed E-state index contributed by atoms with van der Waals surface area (Å²) in [4.78, 5) is 11.7. The van der Waals surface area contributed by atoms with Gasteiger partial charge in [0.15, 0.2) is 0 Å². The highest BCUT2D eigenvalue weighted by Crippen LogP contribution is 2.36. The minimum absolute atomic E-state index is 0.219. The van der Waals surface area contributed by atoms with Gasteiger partial charge in [0.2, 0.25) is 0 Å². The first kappa shape index (κ1) is 12.5. The van der Waals surface area contributed by atoms with E-state index in [1.165, 1.54) is 0 Å². The van der Waals surface area contributed by atoms with Crippen molar-refractivity contribution in [1.29, 1.82) is 0 Å². The summed E-state index contributed by atoms with van der Waals surface area (Å²) in [5.41, 5.74) is 0. The van der Waals surface area contributed by atoms with E-state index in [0.717, 1.165) is 19.3 Å². The second-order valence-electron chi connectivity index (χ2n) is 4.68. The smallest absolute Gasteiger partial charge is 0.311 e. The van der Waals surface area contributed by atoms with Gasteiger partial charge in [-0.2, -0.15) is 0 Å². The molecule has 0 aromatic heterocycles. The standard InChI is InChI=1S/C12H22O3/c1-4-15-12(14)11-9(8(2)3)6-5-7-10(11)13/h8-11,13H,4-7H2,1-3H3/t9-,10+,11+/m1/s1. The van der Waals surface area contributed by atoms with Crippen LogP contribution in [0.4, 0.5) is 0 Å². The molecular weight excluding hydrogens is 192 g/mol. The fraction of sp³-hybridized carbons (Fsp3) is 0.917. The van der Waals surface area contributed by atoms with Crippen molar-refractivity contribution in [3.63, 3.8) is 0 Å². The maximum atomic E-state index is 11.7. The van der Waals surface area contributed by atoms with Crippen molar-refractivity contribution in [2.75, 3.05) is 6.61 Å². The Kier molecular flexibility index (Phi) is 4.58. The molecule has 88 valence electrons. The number of carbonyl (C=O) groups excluding carboxylic acids is 1. The summed E-state index contributed by atoms with van der Waals surface area (Å²) in [5.74, 6) is 0.171. The molecule has 1 aliphatic carbocycles. The van der Waals surface area contributed by atoms with Gasteiger partial charge < -0.3 is 9.84 Å². The van der Waals surface area contributed by atoms with Crippen LogP contribution in [0.3, 0.4) is 0 Å². The molecule has 1 rings (SSSR count). The summed E-state index contributed by atoms with van der Waals surface area (Å²) in [7, 11) is 0. The van der Waals surface area contributed by atoms with Gasteiger partial charge in [-0.1, -0.05) is 20.3 Å². The maximum absolute atomic E-state index is 11.7. The molecule has 0 saturated heterocycles. The number of hydrogen-bond donors (Lipinski definition) is 1. The van der Waals surface area contributed by atoms with Crippen LogP contribution in [0.25, 0.3) is 0 Å². The van der Waals surface area contributed by atoms with Crippen LogP contribution in [-0.4, -0.2) is 23.8 Å². The lowest BCUT2D eigenvalue weighted by molar-refractivity contribution is -0.158. The van der Waals surface area contributed by atoms with Crippen molar-refractivity contribution in [1.82, 2.24) is 0 Å². The van der Waals surface area contributed by atoms with Crippen LogP contribution in [0.1, 0.15) is 40.0 Å². The molecule has 0 amide bonds. The molecule has 3 nitrogen and oxygen atoms in total. The van der Waals surface area contributed by atoms with Crippen molar-refractivity contribution < 1.29 is 14.6 Å². The van der Waals surface area contributed by atoms with Gasteiger partial charge in [0.1, 0.15) is 0 Å². The molecule has 3 heteroatoms. The van der Waals surface area contributed by atoms with E-state index >= 15 is 0 Å². The summed E-state index contributed by atoms with van der Waals surface area (Å²) in [6.45, 7) is 6.41. The first-order valence-electron chi connectivity index (χ1n) is 5.92. The average Bonchev–Trinajstić information content (AvgIpc) is 2.17. The quantitative estimate of drug-likeness (QED) is 0.731. The molecule has 0 aromatic carbocycles. The van der Waals surface area contributed by atoms with Crippen LogP contribution < -0.4 is 0 Å². The zero-order chi connectivity index (χ0) is 11.4. The van der Waals surface area contributed by atoms with Gasteiger partial charge in [-0.05, 0) is 31.6 Å². The molecular formula is C12H22O3. The van der Waals surface area contributed by atoms with E-state index in [0.29, 0.717) is 12.5 Å². The van der Waals surface area contributed by atoms with Gasteiger partial charge in [-0.25, -0.2) is 0 Å². The molecule has 15 heavy (non-hydrogen) atoms. The molecule has 0 heterocycles. The Bertz CT molecular complexity index is 213. The predicted molar refractivity (Wildman–Crippen MR) is 58.3 cm³/mol. The van der Waals surface area contributed by atoms with Crippen molar-refractivity contribution in [2.24, 2.45) is 17.8 Å². The molecule has 0 unspecified atom stereocenters. The Labute approximate surface area is 91.8 Å². The van der Waals surface area contributed by atoms with Gasteiger partial charge in [0.05, 0.1) is 18.6 Å². The van der Waals surface area contributed by atoms with E-state index in [9.17, 15) is 9.90 Å². The molecule has 0 aromatic rings. The fourth-order valence-electron chi connectivity index (χ4n) is 2.53. The highest BCUT2D eigenvalue weighted by atomic mass is 16.5. The number of hydrogen-bond acceptors (Lipinski definition) is 3. The minimum atomic E-state index is -0.509. The normalized spacial score (nSPS) is 31.7. The van der Waals surface area contributed by atoms with Crippen LogP contribution in [0.5, 0.6) is 0 Å². The molecule has 1 aliphatic rings. The summed E-state index contributed by atoms with van der Waals surface area (Å²) < 4.78 is 5.03. The average molecular weight is 214 g/mol. The van der Waals surface area contributed by atoms with Crippen LogP contribution in [0, 0.1) is 17.8 Å². The van der Waals surface area contributed by atoms with Crippen LogP contribution in [0.2, 0.25) is 0 Å². The number of carbonyl (C=O) groups is 1. The van der Waals surface area contributed by atoms with Gasteiger partial charge >= 0.3 is 5.97 Å². The molecule has 0 radical (unpaired) electrons. The largest absolute Gasteiger partial charge is 0.466 e. The third kappa shape index (κ3) is 2.94. The highest BCUT2D eigenvalue weighted by molar-refractivity contribution is 5.73. The van der Waals surface area contributed by atoms with Crippen LogP contribution in [-0.2, 0) is 9.53 Å². The highest BCUT2D eigenvalue weighted by Gasteiger charge is 2.39. The number of aliphatic hydroxyl groups excluding tert-OH is 1. The lowest BCUT2D eigenvalue weighted by Crippen LogP contribution is -2.41. The Hall–Kier alpha value is -0.570. The predicted octanol–water partition coefficient (Wildman–Crippen LogP) is 1.98. The summed E-state index contributed by atoms with van der Waals surface area (Å²) in [6, 6.07) is 0. The number of aliphatic hydroxyl groups is 1. The lowest BCUT2D eigenvalue weighted by atomic mass is 9.72. The number of ether oxygens (including phenoxy) is 1. The fourth-order valence-corrected chi connectivity index (χ4v) is 2.53. The van der Waals surface area contributed by atoms with Gasteiger partial charge in [-0.15, -0.1) is 0 Å². The second kappa shape index (κ2) is 5.50. The molecule has 0 aliphatic heterocycles. The van der Waals surface area contributed by atoms with Crippen molar-refractivity contribution in [3.8, 4) is 0 Å². The molecule has 1 saturated carbocycles. The van der Waals surface area contributed by atoms with E-state index < -0.39 is 6.10 Å². The first-order chi connectivity index (χ1) is 7.07. The third-order valence-electron chi connectivity index (χ3n) is 3.33. The van der Waals surface area contributed by atoms with E-state index in [1.54, 1.807) is 6.92 Å². The van der Waals surface area contributed by atoms with Gasteiger partial charge in [-0.3, -0.25) is 4.79 Å². The maximum Gasteiger partial charge on any atom is 0.311 e. The van der Waals surface area contributed by atoms with E-state index in [1.807, 2.05) is 0 Å². The minimum Gasteiger partial charge on any atom is -0.466 e. The van der Waals surface area contributed by atoms with Gasteiger partial charge in [0.25, 0.3) is 0 Å². The lowest BCUT2D eigenvalue weighted by Gasteiger charge is -2.36. The Morgan fingerprint density at radius 2 is 2.13 bits per heavy atom. The Morgan fingerprint density at radius 3 is 2.67 bits per heavy atom. The SMILES string of the molecule is CCOC(=O)[C@H]1[C@@H](C(C)C)CCC[C@@H]1O. The molecule has 0 spiro atoms. The Morgan fingerprint density at radius 1 is 1.47 bits per heavy atom. The first-order valence-corrected chi connectivity index (χ1v) is 5.92. The molecule has 3 atom stereocenters. The van der Waals surface area contributed by atoms with Crippen molar-refractivity contribution in [2.45, 2.75) is 46.1 Å². The second-order valence-corrected chi connectivity index (χ2v) is 4.68. The molecule has 1 fully saturated rings. The Balaban J connectivity index is 2.72. The van der Waals surface area contributed by atoms with Gasteiger partial charge in [0, 0.05) is 0 Å². The summed E-state index contributed by atoms with van der Waals surface area (Å²) >= 11 is 0. The monoisotopic (exact) mass is 214 g/mol. The van der Waals surface area contributed by atoms with Crippen LogP contribution in [0.15, 0.2) is 0 Å². The summed E-state index contributed by atoms with van der Waals surface area (Å²) in [5, 5.41) is 9.88. The zero-order valence-electron chi connectivity index (χ0n) is 9.90. The molecule has 0 bridgehead atoms. The molecule has 1 N–H and O–H groups in total. The zero-order valence-corrected chi connectivity index (χ0v) is 9.90. The van der Waals surface area contributed by atoms with E-state index in [-0.39, 0.29) is 17.8 Å². The van der Waals surface area contributed by atoms with Crippen molar-refractivity contribution >= 4 is 5.97 Å². The van der Waals surface area contributed by atoms with E-state index in [4.69, 9.17) is 4.74 Å². The number of rotatable bonds is 3. The van der Waals surface area contributed by atoms with Crippen molar-refractivity contribution in [3.05, 3.63) is 0 Å². The summed E-state index contributed by atoms with van der Waals surface area (Å²) in [6.07, 6.45) is 2.26. The topological polar surface area (TPSA) is 46.5 Å². The number of esters is 1. The van der Waals surface area contributed by atoms with E-state index in [2.05, 4.69) is 13.8 Å². The van der Waals surface area contributed by atoms with Crippen LogP contribution >= 0.6 is 0 Å².